The van der Waals surface area contributed by atoms with Gasteiger partial charge in [0.2, 0.25) is 0 Å². The number of rotatable bonds is 10. The maximum absolute atomic E-state index is 13.0. The van der Waals surface area contributed by atoms with Gasteiger partial charge < -0.3 is 19.4 Å². The van der Waals surface area contributed by atoms with Gasteiger partial charge in [-0.2, -0.15) is 0 Å². The number of methoxy groups -OCH3 is 1. The Morgan fingerprint density at radius 1 is 1.00 bits per heavy atom. The molecule has 0 unspecified atom stereocenters. The highest BCUT2D eigenvalue weighted by molar-refractivity contribution is 5.94. The maximum Gasteiger partial charge on any atom is 0.251 e. The van der Waals surface area contributed by atoms with Crippen LogP contribution < -0.4 is 14.8 Å². The Balaban J connectivity index is 1.37. The van der Waals surface area contributed by atoms with Crippen LogP contribution in [0.15, 0.2) is 72.8 Å². The molecule has 3 aromatic carbocycles. The summed E-state index contributed by atoms with van der Waals surface area (Å²) in [6, 6.07) is 21.1. The van der Waals surface area contributed by atoms with Crippen LogP contribution in [0.1, 0.15) is 22.6 Å². The molecule has 0 radical (unpaired) electrons. The van der Waals surface area contributed by atoms with Crippen molar-refractivity contribution in [3.8, 4) is 11.5 Å². The molecule has 0 saturated carbocycles. The Hall–Kier alpha value is -3.87. The van der Waals surface area contributed by atoms with Crippen LogP contribution in [-0.2, 0) is 13.0 Å². The lowest BCUT2D eigenvalue weighted by molar-refractivity contribution is 0.0953. The van der Waals surface area contributed by atoms with Gasteiger partial charge in [0.1, 0.15) is 18.2 Å². The van der Waals surface area contributed by atoms with Crippen molar-refractivity contribution in [2.75, 3.05) is 20.3 Å². The molecule has 6 nitrogen and oxygen atoms in total. The highest BCUT2D eigenvalue weighted by Crippen LogP contribution is 2.26. The summed E-state index contributed by atoms with van der Waals surface area (Å²) in [5, 5.41) is 2.88. The molecule has 0 aliphatic rings. The van der Waals surface area contributed by atoms with E-state index >= 15 is 0 Å². The minimum atomic E-state index is -0.361. The van der Waals surface area contributed by atoms with Gasteiger partial charge in [-0.25, -0.2) is 9.37 Å². The van der Waals surface area contributed by atoms with Crippen molar-refractivity contribution in [3.63, 3.8) is 0 Å². The number of hydrogen-bond acceptors (Lipinski definition) is 4. The third kappa shape index (κ3) is 5.49. The molecule has 0 atom stereocenters. The van der Waals surface area contributed by atoms with E-state index in [4.69, 9.17) is 14.5 Å². The number of fused-ring (bicyclic) bond motifs is 1. The minimum Gasteiger partial charge on any atom is -0.493 e. The fourth-order valence-corrected chi connectivity index (χ4v) is 3.70. The third-order valence-corrected chi connectivity index (χ3v) is 5.34. The van der Waals surface area contributed by atoms with Crippen molar-refractivity contribution >= 4 is 16.9 Å². The number of nitrogens with one attached hydrogen (secondary N) is 1. The van der Waals surface area contributed by atoms with Crippen molar-refractivity contribution in [1.29, 1.82) is 0 Å². The molecule has 7 heteroatoms. The number of ether oxygens (including phenoxy) is 2. The Morgan fingerprint density at radius 2 is 1.73 bits per heavy atom. The topological polar surface area (TPSA) is 65.4 Å². The summed E-state index contributed by atoms with van der Waals surface area (Å²) in [6.45, 7) is 1.60. The summed E-state index contributed by atoms with van der Waals surface area (Å²) in [5.41, 5.74) is 2.42. The van der Waals surface area contributed by atoms with Crippen LogP contribution in [0.3, 0.4) is 0 Å². The third-order valence-electron chi connectivity index (χ3n) is 5.34. The highest BCUT2D eigenvalue weighted by Gasteiger charge is 2.12. The van der Waals surface area contributed by atoms with Crippen LogP contribution in [0.25, 0.3) is 11.0 Å². The van der Waals surface area contributed by atoms with E-state index in [1.54, 1.807) is 7.11 Å². The predicted molar refractivity (Wildman–Crippen MR) is 125 cm³/mol. The lowest BCUT2D eigenvalue weighted by Crippen LogP contribution is -2.25. The molecule has 1 N–H and O–H groups in total. The summed E-state index contributed by atoms with van der Waals surface area (Å²) in [7, 11) is 1.62. The van der Waals surface area contributed by atoms with Crippen LogP contribution in [0.5, 0.6) is 11.5 Å². The van der Waals surface area contributed by atoms with Crippen molar-refractivity contribution < 1.29 is 18.7 Å². The average Bonchev–Trinajstić information content (AvgIpc) is 3.20. The molecular weight excluding hydrogens is 421 g/mol. The first kappa shape index (κ1) is 22.3. The Morgan fingerprint density at radius 3 is 2.52 bits per heavy atom. The Labute approximate surface area is 192 Å². The number of amides is 1. The van der Waals surface area contributed by atoms with Crippen molar-refractivity contribution in [2.24, 2.45) is 0 Å². The first-order valence-electron chi connectivity index (χ1n) is 10.9. The fraction of sp³-hybridized carbons (Fsp3) is 0.231. The van der Waals surface area contributed by atoms with Crippen molar-refractivity contribution in [3.05, 3.63) is 90.0 Å². The number of aryl methyl sites for hydroxylation is 1. The molecule has 0 spiro atoms. The van der Waals surface area contributed by atoms with E-state index in [9.17, 15) is 9.18 Å². The zero-order chi connectivity index (χ0) is 23.0. The monoisotopic (exact) mass is 447 g/mol. The number of imidazole rings is 1. The standard InChI is InChI=1S/C26H26FN3O3/c1-32-23-9-4-5-10-24(23)33-18-17-30-22-8-3-2-7-21(22)29-25(30)11-6-16-28-26(31)19-12-14-20(27)15-13-19/h2-5,7-10,12-15H,6,11,16-18H2,1H3,(H,28,31). The quantitative estimate of drug-likeness (QED) is 0.360. The van der Waals surface area contributed by atoms with Gasteiger partial charge in [0.05, 0.1) is 24.7 Å². The predicted octanol–water partition coefficient (Wildman–Crippen LogP) is 4.63. The zero-order valence-electron chi connectivity index (χ0n) is 18.5. The van der Waals surface area contributed by atoms with Crippen LogP contribution in [0, 0.1) is 5.82 Å². The number of carbonyl (C=O) groups excluding carboxylic acids is 1. The molecule has 0 aliphatic carbocycles. The van der Waals surface area contributed by atoms with E-state index in [1.807, 2.05) is 48.5 Å². The van der Waals surface area contributed by atoms with Crippen LogP contribution in [0.4, 0.5) is 4.39 Å². The summed E-state index contributed by atoms with van der Waals surface area (Å²) >= 11 is 0. The summed E-state index contributed by atoms with van der Waals surface area (Å²) < 4.78 is 26.5. The van der Waals surface area contributed by atoms with Gasteiger partial charge in [-0.05, 0) is 55.0 Å². The number of carbonyl (C=O) groups is 1. The number of hydrogen-bond donors (Lipinski definition) is 1. The maximum atomic E-state index is 13.0. The van der Waals surface area contributed by atoms with E-state index in [2.05, 4.69) is 9.88 Å². The molecule has 1 heterocycles. The van der Waals surface area contributed by atoms with E-state index in [0.717, 1.165) is 23.3 Å². The Bertz CT molecular complexity index is 1220. The summed E-state index contributed by atoms with van der Waals surface area (Å²) in [4.78, 5) is 17.0. The average molecular weight is 448 g/mol. The molecule has 1 amide bonds. The summed E-state index contributed by atoms with van der Waals surface area (Å²) in [5.74, 6) is 1.77. The minimum absolute atomic E-state index is 0.214. The van der Waals surface area contributed by atoms with E-state index in [1.165, 1.54) is 24.3 Å². The molecule has 4 aromatic rings. The zero-order valence-corrected chi connectivity index (χ0v) is 18.5. The molecule has 0 saturated heterocycles. The molecular formula is C26H26FN3O3. The van der Waals surface area contributed by atoms with Gasteiger partial charge in [-0.1, -0.05) is 24.3 Å². The van der Waals surface area contributed by atoms with Crippen LogP contribution in [0.2, 0.25) is 0 Å². The molecule has 0 fully saturated rings. The second kappa shape index (κ2) is 10.6. The van der Waals surface area contributed by atoms with Gasteiger partial charge in [0, 0.05) is 18.5 Å². The lowest BCUT2D eigenvalue weighted by Gasteiger charge is -2.13. The number of aromatic nitrogens is 2. The molecule has 0 bridgehead atoms. The number of para-hydroxylation sites is 4. The van der Waals surface area contributed by atoms with Gasteiger partial charge in [0.25, 0.3) is 5.91 Å². The molecule has 0 aliphatic heterocycles. The van der Waals surface area contributed by atoms with Gasteiger partial charge in [-0.3, -0.25) is 4.79 Å². The Kier molecular flexibility index (Phi) is 7.19. The molecule has 170 valence electrons. The van der Waals surface area contributed by atoms with Gasteiger partial charge in [-0.15, -0.1) is 0 Å². The largest absolute Gasteiger partial charge is 0.493 e. The number of nitrogens with zero attached hydrogens (tertiary/aromatic N) is 2. The number of benzene rings is 3. The van der Waals surface area contributed by atoms with Crippen molar-refractivity contribution in [2.45, 2.75) is 19.4 Å². The van der Waals surface area contributed by atoms with Crippen molar-refractivity contribution in [1.82, 2.24) is 14.9 Å². The van der Waals surface area contributed by atoms with Gasteiger partial charge in [0.15, 0.2) is 11.5 Å². The highest BCUT2D eigenvalue weighted by atomic mass is 19.1. The second-order valence-electron chi connectivity index (χ2n) is 7.53. The van der Waals surface area contributed by atoms with Gasteiger partial charge >= 0.3 is 0 Å². The lowest BCUT2D eigenvalue weighted by atomic mass is 10.2. The van der Waals surface area contributed by atoms with Crippen LogP contribution >= 0.6 is 0 Å². The van der Waals surface area contributed by atoms with E-state index < -0.39 is 0 Å². The normalized spacial score (nSPS) is 10.8. The SMILES string of the molecule is COc1ccccc1OCCn1c(CCCNC(=O)c2ccc(F)cc2)nc2ccccc21. The first-order valence-corrected chi connectivity index (χ1v) is 10.9. The van der Waals surface area contributed by atoms with E-state index in [-0.39, 0.29) is 11.7 Å². The summed E-state index contributed by atoms with van der Waals surface area (Å²) in [6.07, 6.45) is 1.43. The molecule has 33 heavy (non-hydrogen) atoms. The number of halogens is 1. The molecule has 1 aromatic heterocycles. The second-order valence-corrected chi connectivity index (χ2v) is 7.53. The fourth-order valence-electron chi connectivity index (χ4n) is 3.70. The molecule has 4 rings (SSSR count). The first-order chi connectivity index (χ1) is 16.2. The van der Waals surface area contributed by atoms with E-state index in [0.29, 0.717) is 43.2 Å². The smallest absolute Gasteiger partial charge is 0.251 e. The van der Waals surface area contributed by atoms with Crippen LogP contribution in [-0.4, -0.2) is 35.7 Å².